The highest BCUT2D eigenvalue weighted by Crippen LogP contribution is 2.19. The molecule has 0 fully saturated rings. The maximum absolute atomic E-state index is 12.5. The number of benzene rings is 2. The Morgan fingerprint density at radius 1 is 1.03 bits per heavy atom. The first-order valence-corrected chi connectivity index (χ1v) is 11.5. The molecule has 0 radical (unpaired) electrons. The van der Waals surface area contributed by atoms with Crippen LogP contribution in [0.5, 0.6) is 0 Å². The Balaban J connectivity index is 1.89. The standard InChI is InChI=1S/C21H28ClN3O3S/c1-4-25(5-2)29(27,28)20-12-8-18(9-13-20)16(3)24-21(26)23-15-14-17-6-10-19(22)11-7-17/h6-13,16H,4-5,14-15H2,1-3H3,(H2,23,24,26)/t16-/m0/s1. The summed E-state index contributed by atoms with van der Waals surface area (Å²) in [4.78, 5) is 12.4. The predicted molar refractivity (Wildman–Crippen MR) is 117 cm³/mol. The van der Waals surface area contributed by atoms with Crippen molar-refractivity contribution < 1.29 is 13.2 Å². The van der Waals surface area contributed by atoms with Crippen molar-refractivity contribution in [2.75, 3.05) is 19.6 Å². The number of carbonyl (C=O) groups is 1. The van der Waals surface area contributed by atoms with Crippen LogP contribution in [0.2, 0.25) is 5.02 Å². The molecule has 0 aliphatic rings. The van der Waals surface area contributed by atoms with Gasteiger partial charge in [-0.15, -0.1) is 0 Å². The van der Waals surface area contributed by atoms with Crippen molar-refractivity contribution in [3.05, 3.63) is 64.7 Å². The molecular weight excluding hydrogens is 410 g/mol. The van der Waals surface area contributed by atoms with Gasteiger partial charge in [-0.05, 0) is 48.7 Å². The van der Waals surface area contributed by atoms with Crippen molar-refractivity contribution in [2.24, 2.45) is 0 Å². The number of sulfonamides is 1. The fraction of sp³-hybridized carbons (Fsp3) is 0.381. The van der Waals surface area contributed by atoms with E-state index in [4.69, 9.17) is 11.6 Å². The van der Waals surface area contributed by atoms with Crippen LogP contribution in [-0.4, -0.2) is 38.4 Å². The van der Waals surface area contributed by atoms with E-state index in [-0.39, 0.29) is 17.0 Å². The molecule has 2 aromatic rings. The van der Waals surface area contributed by atoms with Crippen LogP contribution in [0.3, 0.4) is 0 Å². The van der Waals surface area contributed by atoms with E-state index in [9.17, 15) is 13.2 Å². The van der Waals surface area contributed by atoms with Crippen molar-refractivity contribution in [2.45, 2.75) is 38.1 Å². The first-order chi connectivity index (χ1) is 13.8. The van der Waals surface area contributed by atoms with Gasteiger partial charge >= 0.3 is 6.03 Å². The first kappa shape index (κ1) is 23.2. The second-order valence-corrected chi connectivity index (χ2v) is 9.03. The fourth-order valence-corrected chi connectivity index (χ4v) is 4.53. The average Bonchev–Trinajstić information content (AvgIpc) is 2.70. The van der Waals surface area contributed by atoms with E-state index >= 15 is 0 Å². The van der Waals surface area contributed by atoms with Gasteiger partial charge in [0.15, 0.2) is 0 Å². The summed E-state index contributed by atoms with van der Waals surface area (Å²) in [5, 5.41) is 6.37. The Hall–Kier alpha value is -2.09. The molecule has 1 atom stereocenters. The lowest BCUT2D eigenvalue weighted by Crippen LogP contribution is -2.38. The summed E-state index contributed by atoms with van der Waals surface area (Å²) in [7, 11) is -3.48. The van der Waals surface area contributed by atoms with Gasteiger partial charge in [-0.2, -0.15) is 4.31 Å². The van der Waals surface area contributed by atoms with Crippen LogP contribution in [0, 0.1) is 0 Å². The van der Waals surface area contributed by atoms with Crippen LogP contribution in [0.1, 0.15) is 37.9 Å². The number of halogens is 1. The number of rotatable bonds is 9. The van der Waals surface area contributed by atoms with E-state index in [0.29, 0.717) is 31.1 Å². The van der Waals surface area contributed by atoms with Crippen molar-refractivity contribution in [3.8, 4) is 0 Å². The number of urea groups is 1. The number of nitrogens with zero attached hydrogens (tertiary/aromatic N) is 1. The van der Waals surface area contributed by atoms with Gasteiger partial charge in [0, 0.05) is 24.7 Å². The van der Waals surface area contributed by atoms with Crippen molar-refractivity contribution in [1.29, 1.82) is 0 Å². The normalized spacial score (nSPS) is 12.6. The van der Waals surface area contributed by atoms with Crippen LogP contribution in [-0.2, 0) is 16.4 Å². The lowest BCUT2D eigenvalue weighted by atomic mass is 10.1. The number of amides is 2. The molecule has 2 rings (SSSR count). The zero-order valence-corrected chi connectivity index (χ0v) is 18.6. The molecule has 158 valence electrons. The molecule has 0 bridgehead atoms. The minimum atomic E-state index is -3.48. The SMILES string of the molecule is CCN(CC)S(=O)(=O)c1ccc([C@H](C)NC(=O)NCCc2ccc(Cl)cc2)cc1. The third kappa shape index (κ3) is 6.45. The molecule has 0 heterocycles. The van der Waals surface area contributed by atoms with E-state index < -0.39 is 10.0 Å². The molecule has 29 heavy (non-hydrogen) atoms. The van der Waals surface area contributed by atoms with Crippen LogP contribution in [0.15, 0.2) is 53.4 Å². The van der Waals surface area contributed by atoms with E-state index in [0.717, 1.165) is 11.1 Å². The number of carbonyl (C=O) groups excluding carboxylic acids is 1. The highest BCUT2D eigenvalue weighted by Gasteiger charge is 2.21. The molecule has 2 amide bonds. The average molecular weight is 438 g/mol. The molecule has 0 spiro atoms. The Morgan fingerprint density at radius 2 is 1.62 bits per heavy atom. The molecule has 2 aromatic carbocycles. The number of hydrogen-bond acceptors (Lipinski definition) is 3. The van der Waals surface area contributed by atoms with Gasteiger partial charge in [0.25, 0.3) is 0 Å². The van der Waals surface area contributed by atoms with Crippen LogP contribution in [0.25, 0.3) is 0 Å². The third-order valence-electron chi connectivity index (χ3n) is 4.68. The van der Waals surface area contributed by atoms with E-state index in [2.05, 4.69) is 10.6 Å². The summed E-state index contributed by atoms with van der Waals surface area (Å²) < 4.78 is 26.5. The van der Waals surface area contributed by atoms with Crippen LogP contribution in [0.4, 0.5) is 4.79 Å². The first-order valence-electron chi connectivity index (χ1n) is 9.66. The number of nitrogens with one attached hydrogen (secondary N) is 2. The van der Waals surface area contributed by atoms with Crippen LogP contribution >= 0.6 is 11.6 Å². The second-order valence-electron chi connectivity index (χ2n) is 6.66. The van der Waals surface area contributed by atoms with E-state index in [1.165, 1.54) is 4.31 Å². The summed E-state index contributed by atoms with van der Waals surface area (Å²) in [6.07, 6.45) is 0.705. The second kappa shape index (κ2) is 10.6. The minimum Gasteiger partial charge on any atom is -0.338 e. The van der Waals surface area contributed by atoms with Crippen LogP contribution < -0.4 is 10.6 Å². The molecular formula is C21H28ClN3O3S. The maximum Gasteiger partial charge on any atom is 0.315 e. The van der Waals surface area contributed by atoms with Gasteiger partial charge in [0.05, 0.1) is 10.9 Å². The largest absolute Gasteiger partial charge is 0.338 e. The summed E-state index contributed by atoms with van der Waals surface area (Å²) in [5.74, 6) is 0. The smallest absolute Gasteiger partial charge is 0.315 e. The molecule has 0 saturated carbocycles. The Bertz CT molecular complexity index is 896. The Labute approximate surface area is 178 Å². The van der Waals surface area contributed by atoms with Crippen molar-refractivity contribution in [3.63, 3.8) is 0 Å². The highest BCUT2D eigenvalue weighted by atomic mass is 35.5. The fourth-order valence-electron chi connectivity index (χ4n) is 2.94. The topological polar surface area (TPSA) is 78.5 Å². The summed E-state index contributed by atoms with van der Waals surface area (Å²) >= 11 is 5.86. The highest BCUT2D eigenvalue weighted by molar-refractivity contribution is 7.89. The van der Waals surface area contributed by atoms with Gasteiger partial charge < -0.3 is 10.6 Å². The third-order valence-corrected chi connectivity index (χ3v) is 7.00. The molecule has 0 aliphatic heterocycles. The monoisotopic (exact) mass is 437 g/mol. The molecule has 0 unspecified atom stereocenters. The Morgan fingerprint density at radius 3 is 2.17 bits per heavy atom. The predicted octanol–water partition coefficient (Wildman–Crippen LogP) is 3.97. The number of hydrogen-bond donors (Lipinski definition) is 2. The summed E-state index contributed by atoms with van der Waals surface area (Å²) in [6.45, 7) is 6.83. The summed E-state index contributed by atoms with van der Waals surface area (Å²) in [5.41, 5.74) is 1.92. The minimum absolute atomic E-state index is 0.254. The van der Waals surface area contributed by atoms with E-state index in [1.807, 2.05) is 45.0 Å². The van der Waals surface area contributed by atoms with Gasteiger partial charge in [-0.25, -0.2) is 13.2 Å². The quantitative estimate of drug-likeness (QED) is 0.622. The van der Waals surface area contributed by atoms with E-state index in [1.54, 1.807) is 24.3 Å². The lowest BCUT2D eigenvalue weighted by molar-refractivity contribution is 0.238. The molecule has 8 heteroatoms. The lowest BCUT2D eigenvalue weighted by Gasteiger charge is -2.19. The van der Waals surface area contributed by atoms with Gasteiger partial charge in [0.2, 0.25) is 10.0 Å². The zero-order chi connectivity index (χ0) is 21.4. The van der Waals surface area contributed by atoms with Crippen molar-refractivity contribution >= 4 is 27.7 Å². The molecule has 6 nitrogen and oxygen atoms in total. The molecule has 0 saturated heterocycles. The Kier molecular flexibility index (Phi) is 8.49. The molecule has 0 aliphatic carbocycles. The zero-order valence-electron chi connectivity index (χ0n) is 17.0. The maximum atomic E-state index is 12.5. The molecule has 2 N–H and O–H groups in total. The van der Waals surface area contributed by atoms with Crippen molar-refractivity contribution in [1.82, 2.24) is 14.9 Å². The van der Waals surface area contributed by atoms with Gasteiger partial charge in [0.1, 0.15) is 0 Å². The van der Waals surface area contributed by atoms with Gasteiger partial charge in [-0.3, -0.25) is 0 Å². The summed E-state index contributed by atoms with van der Waals surface area (Å²) in [6, 6.07) is 13.6. The van der Waals surface area contributed by atoms with Gasteiger partial charge in [-0.1, -0.05) is 49.7 Å². The molecule has 0 aromatic heterocycles.